The lowest BCUT2D eigenvalue weighted by molar-refractivity contribution is 0.0935. The number of hydrogen-bond acceptors (Lipinski definition) is 4. The molecule has 1 amide bonds. The standard InChI is InChI=1S/C22H23ClN4O2/c1-15-12-19(25-27(15)18-6-4-3-5-7-18)22(28)24-17-10-11-26(14-17)20-13-16(23)8-9-21(20)29-2/h3-9,12-13,17H,10-11,14H2,1-2H3,(H,24,28). The molecule has 4 rings (SSSR count). The number of anilines is 1. The average molecular weight is 411 g/mol. The number of para-hydroxylation sites is 1. The molecule has 0 bridgehead atoms. The van der Waals surface area contributed by atoms with Crippen molar-refractivity contribution in [2.45, 2.75) is 19.4 Å². The molecule has 3 aromatic rings. The number of aromatic nitrogens is 2. The number of methoxy groups -OCH3 is 1. The molecule has 1 atom stereocenters. The smallest absolute Gasteiger partial charge is 0.272 e. The maximum Gasteiger partial charge on any atom is 0.272 e. The molecule has 0 saturated carbocycles. The molecule has 1 aliphatic rings. The minimum Gasteiger partial charge on any atom is -0.495 e. The molecular weight excluding hydrogens is 388 g/mol. The second-order valence-corrected chi connectivity index (χ2v) is 7.58. The van der Waals surface area contributed by atoms with Gasteiger partial charge < -0.3 is 15.0 Å². The monoisotopic (exact) mass is 410 g/mol. The van der Waals surface area contributed by atoms with Gasteiger partial charge in [0.15, 0.2) is 5.69 Å². The van der Waals surface area contributed by atoms with E-state index in [1.165, 1.54) is 0 Å². The quantitative estimate of drug-likeness (QED) is 0.694. The fourth-order valence-electron chi connectivity index (χ4n) is 3.68. The number of rotatable bonds is 5. The van der Waals surface area contributed by atoms with E-state index in [1.807, 2.05) is 61.5 Å². The van der Waals surface area contributed by atoms with Crippen molar-refractivity contribution in [3.8, 4) is 11.4 Å². The molecule has 6 nitrogen and oxygen atoms in total. The fourth-order valence-corrected chi connectivity index (χ4v) is 3.85. The number of nitrogens with zero attached hydrogens (tertiary/aromatic N) is 3. The molecule has 29 heavy (non-hydrogen) atoms. The zero-order valence-corrected chi connectivity index (χ0v) is 17.2. The Labute approximate surface area is 175 Å². The van der Waals surface area contributed by atoms with E-state index in [2.05, 4.69) is 15.3 Å². The molecule has 2 heterocycles. The molecule has 1 saturated heterocycles. The molecule has 1 aliphatic heterocycles. The van der Waals surface area contributed by atoms with Crippen molar-refractivity contribution in [3.63, 3.8) is 0 Å². The van der Waals surface area contributed by atoms with Crippen molar-refractivity contribution in [1.82, 2.24) is 15.1 Å². The highest BCUT2D eigenvalue weighted by molar-refractivity contribution is 6.30. The van der Waals surface area contributed by atoms with Crippen LogP contribution < -0.4 is 15.0 Å². The summed E-state index contributed by atoms with van der Waals surface area (Å²) in [6, 6.07) is 17.2. The van der Waals surface area contributed by atoms with E-state index in [0.29, 0.717) is 17.3 Å². The summed E-state index contributed by atoms with van der Waals surface area (Å²) >= 11 is 6.16. The Hall–Kier alpha value is -2.99. The van der Waals surface area contributed by atoms with Crippen LogP contribution in [0.1, 0.15) is 22.6 Å². The van der Waals surface area contributed by atoms with Crippen LogP contribution in [0, 0.1) is 6.92 Å². The Morgan fingerprint density at radius 2 is 2.00 bits per heavy atom. The molecule has 1 aromatic heterocycles. The Bertz CT molecular complexity index is 1020. The summed E-state index contributed by atoms with van der Waals surface area (Å²) < 4.78 is 7.24. The largest absolute Gasteiger partial charge is 0.495 e. The van der Waals surface area contributed by atoms with Gasteiger partial charge in [-0.05, 0) is 49.7 Å². The molecule has 0 radical (unpaired) electrons. The lowest BCUT2D eigenvalue weighted by atomic mass is 10.2. The molecule has 7 heteroatoms. The first-order valence-corrected chi connectivity index (χ1v) is 9.94. The van der Waals surface area contributed by atoms with E-state index in [1.54, 1.807) is 11.8 Å². The third kappa shape index (κ3) is 4.07. The first kappa shape index (κ1) is 19.3. The van der Waals surface area contributed by atoms with Crippen LogP contribution >= 0.6 is 11.6 Å². The number of aryl methyl sites for hydroxylation is 1. The summed E-state index contributed by atoms with van der Waals surface area (Å²) in [6.07, 6.45) is 0.847. The zero-order valence-electron chi connectivity index (χ0n) is 16.4. The second kappa shape index (κ2) is 8.17. The molecule has 1 N–H and O–H groups in total. The maximum absolute atomic E-state index is 12.8. The zero-order chi connectivity index (χ0) is 20.4. The van der Waals surface area contributed by atoms with Crippen LogP contribution in [0.2, 0.25) is 5.02 Å². The van der Waals surface area contributed by atoms with Crippen LogP contribution in [0.5, 0.6) is 5.75 Å². The van der Waals surface area contributed by atoms with Gasteiger partial charge in [-0.2, -0.15) is 5.10 Å². The SMILES string of the molecule is COc1ccc(Cl)cc1N1CCC(NC(=O)c2cc(C)n(-c3ccccc3)n2)C1. The van der Waals surface area contributed by atoms with Crippen molar-refractivity contribution in [3.05, 3.63) is 71.0 Å². The minimum atomic E-state index is -0.160. The van der Waals surface area contributed by atoms with Gasteiger partial charge in [0.1, 0.15) is 5.75 Å². The van der Waals surface area contributed by atoms with Crippen molar-refractivity contribution in [2.75, 3.05) is 25.1 Å². The van der Waals surface area contributed by atoms with Gasteiger partial charge in [0.2, 0.25) is 0 Å². The second-order valence-electron chi connectivity index (χ2n) is 7.14. The number of ether oxygens (including phenoxy) is 1. The lowest BCUT2D eigenvalue weighted by Crippen LogP contribution is -2.37. The van der Waals surface area contributed by atoms with Crippen LogP contribution in [0.15, 0.2) is 54.6 Å². The van der Waals surface area contributed by atoms with Gasteiger partial charge in [0.25, 0.3) is 5.91 Å². The van der Waals surface area contributed by atoms with Crippen LogP contribution in [0.3, 0.4) is 0 Å². The van der Waals surface area contributed by atoms with Gasteiger partial charge in [-0.15, -0.1) is 0 Å². The van der Waals surface area contributed by atoms with Gasteiger partial charge in [-0.25, -0.2) is 4.68 Å². The highest BCUT2D eigenvalue weighted by atomic mass is 35.5. The van der Waals surface area contributed by atoms with E-state index >= 15 is 0 Å². The number of hydrogen-bond donors (Lipinski definition) is 1. The Kier molecular flexibility index (Phi) is 5.45. The number of carbonyl (C=O) groups is 1. The molecule has 2 aromatic carbocycles. The van der Waals surface area contributed by atoms with E-state index in [9.17, 15) is 4.79 Å². The van der Waals surface area contributed by atoms with Gasteiger partial charge >= 0.3 is 0 Å². The van der Waals surface area contributed by atoms with Crippen LogP contribution in [-0.4, -0.2) is 41.9 Å². The van der Waals surface area contributed by atoms with Crippen molar-refractivity contribution < 1.29 is 9.53 Å². The molecule has 1 fully saturated rings. The third-order valence-electron chi connectivity index (χ3n) is 5.13. The molecule has 0 spiro atoms. The Balaban J connectivity index is 1.45. The minimum absolute atomic E-state index is 0.0355. The summed E-state index contributed by atoms with van der Waals surface area (Å²) in [4.78, 5) is 15.0. The van der Waals surface area contributed by atoms with E-state index < -0.39 is 0 Å². The van der Waals surface area contributed by atoms with Gasteiger partial charge in [-0.1, -0.05) is 29.8 Å². The molecule has 150 valence electrons. The summed E-state index contributed by atoms with van der Waals surface area (Å²) in [6.45, 7) is 3.46. The lowest BCUT2D eigenvalue weighted by Gasteiger charge is -2.21. The number of amides is 1. The van der Waals surface area contributed by atoms with Gasteiger partial charge in [0, 0.05) is 29.8 Å². The Morgan fingerprint density at radius 1 is 1.21 bits per heavy atom. The summed E-state index contributed by atoms with van der Waals surface area (Å²) in [5.74, 6) is 0.617. The number of nitrogens with one attached hydrogen (secondary N) is 1. The van der Waals surface area contributed by atoms with E-state index in [0.717, 1.165) is 35.8 Å². The predicted octanol–water partition coefficient (Wildman–Crippen LogP) is 3.85. The normalized spacial score (nSPS) is 16.1. The van der Waals surface area contributed by atoms with Crippen molar-refractivity contribution in [1.29, 1.82) is 0 Å². The number of benzene rings is 2. The maximum atomic E-state index is 12.8. The topological polar surface area (TPSA) is 59.4 Å². The number of halogens is 1. The number of carbonyl (C=O) groups excluding carboxylic acids is 1. The third-order valence-corrected chi connectivity index (χ3v) is 5.36. The first-order chi connectivity index (χ1) is 14.0. The molecule has 1 unspecified atom stereocenters. The Morgan fingerprint density at radius 3 is 2.76 bits per heavy atom. The average Bonchev–Trinajstić information content (AvgIpc) is 3.35. The summed E-state index contributed by atoms with van der Waals surface area (Å²) in [5, 5.41) is 8.26. The van der Waals surface area contributed by atoms with Crippen LogP contribution in [0.4, 0.5) is 5.69 Å². The first-order valence-electron chi connectivity index (χ1n) is 9.56. The van der Waals surface area contributed by atoms with Gasteiger partial charge in [-0.3, -0.25) is 4.79 Å². The van der Waals surface area contributed by atoms with Crippen molar-refractivity contribution in [2.24, 2.45) is 0 Å². The van der Waals surface area contributed by atoms with E-state index in [-0.39, 0.29) is 11.9 Å². The summed E-state index contributed by atoms with van der Waals surface area (Å²) in [7, 11) is 1.65. The van der Waals surface area contributed by atoms with Crippen LogP contribution in [0.25, 0.3) is 5.69 Å². The fraction of sp³-hybridized carbons (Fsp3) is 0.273. The van der Waals surface area contributed by atoms with E-state index in [4.69, 9.17) is 16.3 Å². The predicted molar refractivity (Wildman–Crippen MR) is 114 cm³/mol. The molecular formula is C22H23ClN4O2. The van der Waals surface area contributed by atoms with Crippen LogP contribution in [-0.2, 0) is 0 Å². The molecule has 0 aliphatic carbocycles. The summed E-state index contributed by atoms with van der Waals surface area (Å²) in [5.41, 5.74) is 3.22. The van der Waals surface area contributed by atoms with Gasteiger partial charge in [0.05, 0.1) is 18.5 Å². The highest BCUT2D eigenvalue weighted by Crippen LogP contribution is 2.33. The highest BCUT2D eigenvalue weighted by Gasteiger charge is 2.27. The van der Waals surface area contributed by atoms with Crippen molar-refractivity contribution >= 4 is 23.2 Å².